The number of amides is 1. The van der Waals surface area contributed by atoms with Gasteiger partial charge in [-0.1, -0.05) is 39.7 Å². The zero-order valence-corrected chi connectivity index (χ0v) is 19.2. The van der Waals surface area contributed by atoms with E-state index in [1.807, 2.05) is 31.2 Å². The van der Waals surface area contributed by atoms with Crippen molar-refractivity contribution in [1.82, 2.24) is 9.47 Å². The van der Waals surface area contributed by atoms with E-state index in [9.17, 15) is 9.59 Å². The third-order valence-corrected chi connectivity index (χ3v) is 6.58. The van der Waals surface area contributed by atoms with E-state index >= 15 is 0 Å². The van der Waals surface area contributed by atoms with Gasteiger partial charge in [-0.05, 0) is 50.1 Å². The van der Waals surface area contributed by atoms with Crippen molar-refractivity contribution in [3.05, 3.63) is 74.3 Å². The summed E-state index contributed by atoms with van der Waals surface area (Å²) in [5.41, 5.74) is 3.82. The highest BCUT2D eigenvalue weighted by molar-refractivity contribution is 9.09. The Morgan fingerprint density at radius 2 is 1.83 bits per heavy atom. The van der Waals surface area contributed by atoms with Crippen molar-refractivity contribution in [1.29, 1.82) is 0 Å². The zero-order valence-electron chi connectivity index (χ0n) is 16.8. The SMILES string of the molecule is Cc1cc(N2C(=O)C3=C(C2c2ccc(Cl)cc2)N(C(C)C)C(Br)C3)c(=O)n(C)c1. The summed E-state index contributed by atoms with van der Waals surface area (Å²) in [6.07, 6.45) is 2.39. The van der Waals surface area contributed by atoms with E-state index in [4.69, 9.17) is 11.6 Å². The molecule has 2 aliphatic rings. The number of carbonyl (C=O) groups is 1. The van der Waals surface area contributed by atoms with Crippen LogP contribution in [-0.4, -0.2) is 26.4 Å². The number of pyridine rings is 1. The Morgan fingerprint density at radius 1 is 1.17 bits per heavy atom. The van der Waals surface area contributed by atoms with Crippen LogP contribution in [-0.2, 0) is 11.8 Å². The summed E-state index contributed by atoms with van der Waals surface area (Å²) in [4.78, 5) is 30.5. The van der Waals surface area contributed by atoms with E-state index in [1.54, 1.807) is 24.2 Å². The molecule has 29 heavy (non-hydrogen) atoms. The average Bonchev–Trinajstić information content (AvgIpc) is 3.12. The second kappa shape index (κ2) is 7.33. The van der Waals surface area contributed by atoms with Crippen molar-refractivity contribution in [2.45, 2.75) is 44.2 Å². The van der Waals surface area contributed by atoms with Gasteiger partial charge in [0.15, 0.2) is 0 Å². The summed E-state index contributed by atoms with van der Waals surface area (Å²) >= 11 is 9.86. The first-order valence-electron chi connectivity index (χ1n) is 9.62. The number of hydrogen-bond acceptors (Lipinski definition) is 3. The van der Waals surface area contributed by atoms with Crippen molar-refractivity contribution in [2.75, 3.05) is 4.90 Å². The molecule has 2 aliphatic heterocycles. The molecular formula is C22H23BrClN3O2. The summed E-state index contributed by atoms with van der Waals surface area (Å²) in [5.74, 6) is -0.102. The van der Waals surface area contributed by atoms with Crippen LogP contribution in [0.4, 0.5) is 5.69 Å². The number of rotatable bonds is 3. The van der Waals surface area contributed by atoms with Gasteiger partial charge in [-0.3, -0.25) is 14.5 Å². The van der Waals surface area contributed by atoms with E-state index in [2.05, 4.69) is 34.7 Å². The summed E-state index contributed by atoms with van der Waals surface area (Å²) in [7, 11) is 1.72. The molecule has 2 aromatic rings. The summed E-state index contributed by atoms with van der Waals surface area (Å²) in [6, 6.07) is 9.16. The highest BCUT2D eigenvalue weighted by Gasteiger charge is 2.49. The number of hydrogen-bond donors (Lipinski definition) is 0. The highest BCUT2D eigenvalue weighted by Crippen LogP contribution is 2.49. The van der Waals surface area contributed by atoms with Gasteiger partial charge in [-0.15, -0.1) is 0 Å². The zero-order chi connectivity index (χ0) is 21.0. The van der Waals surface area contributed by atoms with Gasteiger partial charge in [-0.2, -0.15) is 0 Å². The van der Waals surface area contributed by atoms with Crippen LogP contribution < -0.4 is 10.5 Å². The van der Waals surface area contributed by atoms with Gasteiger partial charge in [-0.25, -0.2) is 0 Å². The van der Waals surface area contributed by atoms with Crippen LogP contribution in [0.2, 0.25) is 5.02 Å². The van der Waals surface area contributed by atoms with Crippen LogP contribution >= 0.6 is 27.5 Å². The Hall–Kier alpha value is -2.05. The monoisotopic (exact) mass is 475 g/mol. The Kier molecular flexibility index (Phi) is 5.11. The lowest BCUT2D eigenvalue weighted by atomic mass is 10.0. The van der Waals surface area contributed by atoms with Gasteiger partial charge in [0.25, 0.3) is 11.5 Å². The minimum absolute atomic E-state index is 0.0637. The number of alkyl halides is 1. The quantitative estimate of drug-likeness (QED) is 0.483. The second-order valence-electron chi connectivity index (χ2n) is 7.95. The first-order chi connectivity index (χ1) is 13.7. The maximum Gasteiger partial charge on any atom is 0.274 e. The van der Waals surface area contributed by atoms with Crippen LogP contribution in [0, 0.1) is 6.92 Å². The number of nitrogens with zero attached hydrogens (tertiary/aromatic N) is 3. The molecular weight excluding hydrogens is 454 g/mol. The van der Waals surface area contributed by atoms with E-state index < -0.39 is 0 Å². The van der Waals surface area contributed by atoms with E-state index in [0.29, 0.717) is 17.1 Å². The minimum Gasteiger partial charge on any atom is -0.357 e. The molecule has 2 unspecified atom stereocenters. The number of anilines is 1. The third-order valence-electron chi connectivity index (χ3n) is 5.56. The van der Waals surface area contributed by atoms with Gasteiger partial charge in [0.1, 0.15) is 11.7 Å². The maximum absolute atomic E-state index is 13.6. The second-order valence-corrected chi connectivity index (χ2v) is 9.44. The van der Waals surface area contributed by atoms with Crippen LogP contribution in [0.3, 0.4) is 0 Å². The summed E-state index contributed by atoms with van der Waals surface area (Å²) in [6.45, 7) is 6.15. The number of carbonyl (C=O) groups excluding carboxylic acids is 1. The van der Waals surface area contributed by atoms with Crippen molar-refractivity contribution in [3.8, 4) is 0 Å². The average molecular weight is 477 g/mol. The normalized spacial score (nSPS) is 21.6. The Labute approximate surface area is 183 Å². The Bertz CT molecular complexity index is 1070. The highest BCUT2D eigenvalue weighted by atomic mass is 79.9. The van der Waals surface area contributed by atoms with Gasteiger partial charge in [0.05, 0.1) is 10.6 Å². The maximum atomic E-state index is 13.6. The largest absolute Gasteiger partial charge is 0.357 e. The first kappa shape index (κ1) is 20.2. The third kappa shape index (κ3) is 3.22. The van der Waals surface area contributed by atoms with Crippen molar-refractivity contribution >= 4 is 39.1 Å². The van der Waals surface area contributed by atoms with Gasteiger partial charge >= 0.3 is 0 Å². The fourth-order valence-electron chi connectivity index (χ4n) is 4.40. The predicted molar refractivity (Wildman–Crippen MR) is 119 cm³/mol. The van der Waals surface area contributed by atoms with Crippen molar-refractivity contribution in [2.24, 2.45) is 7.05 Å². The fourth-order valence-corrected chi connectivity index (χ4v) is 5.54. The molecule has 1 aromatic heterocycles. The Balaban J connectivity index is 1.94. The van der Waals surface area contributed by atoms with Gasteiger partial charge < -0.3 is 9.47 Å². The topological polar surface area (TPSA) is 45.6 Å². The standard InChI is InChI=1S/C22H23BrClN3O2/c1-12(2)26-18(23)10-16-20(26)19(14-5-7-15(24)8-6-14)27(21(16)28)17-9-13(3)11-25(4)22(17)29/h5-9,11-12,18-19H,10H2,1-4H3. The molecule has 0 aliphatic carbocycles. The molecule has 0 bridgehead atoms. The molecule has 4 rings (SSSR count). The molecule has 0 N–H and O–H groups in total. The molecule has 1 aromatic carbocycles. The lowest BCUT2D eigenvalue weighted by Gasteiger charge is -2.37. The summed E-state index contributed by atoms with van der Waals surface area (Å²) < 4.78 is 1.54. The van der Waals surface area contributed by atoms with Crippen molar-refractivity contribution in [3.63, 3.8) is 0 Å². The van der Waals surface area contributed by atoms with Crippen molar-refractivity contribution < 1.29 is 4.79 Å². The lowest BCUT2D eigenvalue weighted by molar-refractivity contribution is -0.115. The molecule has 0 radical (unpaired) electrons. The molecule has 7 heteroatoms. The molecule has 1 amide bonds. The fraction of sp³-hybridized carbons (Fsp3) is 0.364. The molecule has 2 atom stereocenters. The van der Waals surface area contributed by atoms with Crippen LogP contribution in [0.25, 0.3) is 0 Å². The lowest BCUT2D eigenvalue weighted by Crippen LogP contribution is -2.41. The van der Waals surface area contributed by atoms with E-state index in [1.165, 1.54) is 4.57 Å². The molecule has 5 nitrogen and oxygen atoms in total. The van der Waals surface area contributed by atoms with Crippen LogP contribution in [0.1, 0.15) is 37.4 Å². The number of halogens is 2. The van der Waals surface area contributed by atoms with Crippen LogP contribution in [0.5, 0.6) is 0 Å². The predicted octanol–water partition coefficient (Wildman–Crippen LogP) is 4.52. The Morgan fingerprint density at radius 3 is 2.45 bits per heavy atom. The molecule has 0 fully saturated rings. The first-order valence-corrected chi connectivity index (χ1v) is 10.9. The molecule has 3 heterocycles. The molecule has 152 valence electrons. The van der Waals surface area contributed by atoms with Gasteiger partial charge in [0.2, 0.25) is 0 Å². The van der Waals surface area contributed by atoms with E-state index in [0.717, 1.165) is 22.4 Å². The van der Waals surface area contributed by atoms with E-state index in [-0.39, 0.29) is 28.5 Å². The smallest absolute Gasteiger partial charge is 0.274 e. The number of benzene rings is 1. The molecule has 0 saturated heterocycles. The van der Waals surface area contributed by atoms with Crippen LogP contribution in [0.15, 0.2) is 52.6 Å². The number of aromatic nitrogens is 1. The molecule has 0 saturated carbocycles. The molecule has 0 spiro atoms. The number of aryl methyl sites for hydroxylation is 2. The minimum atomic E-state index is -0.366. The summed E-state index contributed by atoms with van der Waals surface area (Å²) in [5, 5.41) is 0.635. The van der Waals surface area contributed by atoms with Gasteiger partial charge in [0, 0.05) is 36.3 Å².